The number of carbonyl (C=O) groups is 2. The fourth-order valence-electron chi connectivity index (χ4n) is 2.48. The molecule has 108 valence electrons. The minimum atomic E-state index is -0.278. The Bertz CT molecular complexity index is 534. The predicted molar refractivity (Wildman–Crippen MR) is 81.1 cm³/mol. The molecule has 0 aliphatic carbocycles. The molecule has 1 aromatic carbocycles. The molecular formula is C15H20N2O2S. The molecule has 5 heteroatoms. The SMILES string of the molecule is Cc1cc(C)c(S[C@H](C)C(=O)N2CCNC2=O)c(C)c1. The second-order valence-corrected chi connectivity index (χ2v) is 6.56. The first-order valence-corrected chi connectivity index (χ1v) is 7.62. The zero-order valence-corrected chi connectivity index (χ0v) is 13.1. The highest BCUT2D eigenvalue weighted by Gasteiger charge is 2.30. The first kappa shape index (κ1) is 14.9. The van der Waals surface area contributed by atoms with E-state index in [-0.39, 0.29) is 17.2 Å². The average molecular weight is 292 g/mol. The van der Waals surface area contributed by atoms with Crippen LogP contribution in [0.2, 0.25) is 0 Å². The smallest absolute Gasteiger partial charge is 0.324 e. The van der Waals surface area contributed by atoms with Crippen LogP contribution in [-0.4, -0.2) is 35.2 Å². The molecule has 0 aromatic heterocycles. The maximum absolute atomic E-state index is 12.3. The Morgan fingerprint density at radius 2 is 1.90 bits per heavy atom. The van der Waals surface area contributed by atoms with Crippen LogP contribution in [0.5, 0.6) is 0 Å². The lowest BCUT2D eigenvalue weighted by Crippen LogP contribution is -2.38. The monoisotopic (exact) mass is 292 g/mol. The highest BCUT2D eigenvalue weighted by molar-refractivity contribution is 8.00. The summed E-state index contributed by atoms with van der Waals surface area (Å²) in [6.07, 6.45) is 0. The second kappa shape index (κ2) is 5.87. The summed E-state index contributed by atoms with van der Waals surface area (Å²) in [6, 6.07) is 3.96. The van der Waals surface area contributed by atoms with Gasteiger partial charge in [-0.15, -0.1) is 11.8 Å². The molecule has 0 saturated carbocycles. The maximum Gasteiger partial charge on any atom is 0.324 e. The summed E-state index contributed by atoms with van der Waals surface area (Å²) in [6.45, 7) is 9.05. The predicted octanol–water partition coefficient (Wildman–Crippen LogP) is 2.64. The van der Waals surface area contributed by atoms with Gasteiger partial charge in [-0.2, -0.15) is 0 Å². The molecule has 0 radical (unpaired) electrons. The van der Waals surface area contributed by atoms with Crippen LogP contribution in [0.25, 0.3) is 0 Å². The molecule has 1 aliphatic heterocycles. The summed E-state index contributed by atoms with van der Waals surface area (Å²) in [5.41, 5.74) is 3.58. The van der Waals surface area contributed by atoms with Gasteiger partial charge in [0.25, 0.3) is 0 Å². The summed E-state index contributed by atoms with van der Waals surface area (Å²) >= 11 is 1.53. The van der Waals surface area contributed by atoms with E-state index in [0.29, 0.717) is 13.1 Å². The number of amides is 3. The molecule has 1 fully saturated rings. The summed E-state index contributed by atoms with van der Waals surface area (Å²) in [4.78, 5) is 26.3. The quantitative estimate of drug-likeness (QED) is 0.871. The van der Waals surface area contributed by atoms with Gasteiger partial charge in [-0.05, 0) is 38.8 Å². The van der Waals surface area contributed by atoms with Crippen LogP contribution < -0.4 is 5.32 Å². The van der Waals surface area contributed by atoms with Gasteiger partial charge in [-0.1, -0.05) is 17.7 Å². The van der Waals surface area contributed by atoms with Crippen molar-refractivity contribution < 1.29 is 9.59 Å². The van der Waals surface area contributed by atoms with E-state index in [1.807, 2.05) is 6.92 Å². The number of carbonyl (C=O) groups excluding carboxylic acids is 2. The van der Waals surface area contributed by atoms with E-state index in [1.54, 1.807) is 0 Å². The minimum absolute atomic E-state index is 0.121. The summed E-state index contributed by atoms with van der Waals surface area (Å²) in [5, 5.41) is 2.39. The molecule has 3 amide bonds. The molecule has 0 bridgehead atoms. The maximum atomic E-state index is 12.3. The molecule has 0 spiro atoms. The average Bonchev–Trinajstić information content (AvgIpc) is 2.78. The van der Waals surface area contributed by atoms with Crippen LogP contribution in [0.15, 0.2) is 17.0 Å². The fraction of sp³-hybridized carbons (Fsp3) is 0.467. The third kappa shape index (κ3) is 2.98. The van der Waals surface area contributed by atoms with E-state index in [4.69, 9.17) is 0 Å². The van der Waals surface area contributed by atoms with Gasteiger partial charge < -0.3 is 5.32 Å². The van der Waals surface area contributed by atoms with Gasteiger partial charge in [0.05, 0.1) is 5.25 Å². The molecule has 1 aliphatic rings. The molecule has 2 rings (SSSR count). The van der Waals surface area contributed by atoms with E-state index >= 15 is 0 Å². The molecule has 20 heavy (non-hydrogen) atoms. The number of benzene rings is 1. The highest BCUT2D eigenvalue weighted by atomic mass is 32.2. The van der Waals surface area contributed by atoms with Gasteiger partial charge in [0.1, 0.15) is 0 Å². The van der Waals surface area contributed by atoms with E-state index in [0.717, 1.165) is 4.90 Å². The van der Waals surface area contributed by atoms with Gasteiger partial charge in [-0.3, -0.25) is 9.69 Å². The fourth-order valence-corrected chi connectivity index (χ4v) is 3.55. The molecule has 1 N–H and O–H groups in total. The van der Waals surface area contributed by atoms with Crippen LogP contribution in [0.1, 0.15) is 23.6 Å². The number of nitrogens with one attached hydrogen (secondary N) is 1. The normalized spacial score (nSPS) is 16.2. The van der Waals surface area contributed by atoms with Crippen LogP contribution in [-0.2, 0) is 4.79 Å². The summed E-state index contributed by atoms with van der Waals surface area (Å²) in [7, 11) is 0. The Kier molecular flexibility index (Phi) is 4.38. The first-order chi connectivity index (χ1) is 9.40. The van der Waals surface area contributed by atoms with Crippen molar-refractivity contribution in [1.82, 2.24) is 10.2 Å². The van der Waals surface area contributed by atoms with E-state index in [2.05, 4.69) is 38.2 Å². The Morgan fingerprint density at radius 3 is 2.40 bits per heavy atom. The number of hydrogen-bond donors (Lipinski definition) is 1. The van der Waals surface area contributed by atoms with Gasteiger partial charge in [0.15, 0.2) is 0 Å². The van der Waals surface area contributed by atoms with Crippen LogP contribution in [0.3, 0.4) is 0 Å². The van der Waals surface area contributed by atoms with Gasteiger partial charge >= 0.3 is 6.03 Å². The topological polar surface area (TPSA) is 49.4 Å². The van der Waals surface area contributed by atoms with Gasteiger partial charge in [0.2, 0.25) is 5.91 Å². The Labute approximate surface area is 123 Å². The third-order valence-corrected chi connectivity index (χ3v) is 4.80. The van der Waals surface area contributed by atoms with E-state index in [1.165, 1.54) is 33.4 Å². The zero-order chi connectivity index (χ0) is 14.9. The second-order valence-electron chi connectivity index (χ2n) is 5.21. The molecular weight excluding hydrogens is 272 g/mol. The zero-order valence-electron chi connectivity index (χ0n) is 12.3. The summed E-state index contributed by atoms with van der Waals surface area (Å²) < 4.78 is 0. The lowest BCUT2D eigenvalue weighted by Gasteiger charge is -2.19. The van der Waals surface area contributed by atoms with Crippen molar-refractivity contribution in [3.8, 4) is 0 Å². The molecule has 1 saturated heterocycles. The molecule has 1 aromatic rings. The highest BCUT2D eigenvalue weighted by Crippen LogP contribution is 2.31. The van der Waals surface area contributed by atoms with Crippen molar-refractivity contribution in [2.75, 3.05) is 13.1 Å². The van der Waals surface area contributed by atoms with Crippen molar-refractivity contribution in [3.05, 3.63) is 28.8 Å². The lowest BCUT2D eigenvalue weighted by molar-refractivity contribution is -0.126. The van der Waals surface area contributed by atoms with Crippen molar-refractivity contribution in [2.24, 2.45) is 0 Å². The van der Waals surface area contributed by atoms with Gasteiger partial charge in [-0.25, -0.2) is 4.79 Å². The molecule has 0 unspecified atom stereocenters. The Morgan fingerprint density at radius 1 is 1.30 bits per heavy atom. The summed E-state index contributed by atoms with van der Waals surface area (Å²) in [5.74, 6) is -0.121. The van der Waals surface area contributed by atoms with Crippen LogP contribution >= 0.6 is 11.8 Å². The standard InChI is InChI=1S/C15H20N2O2S/c1-9-7-10(2)13(11(3)8-9)20-12(4)14(18)17-6-5-16-15(17)19/h7-8,12H,5-6H2,1-4H3,(H,16,19)/t12-/m1/s1. The number of aryl methyl sites for hydroxylation is 3. The molecule has 4 nitrogen and oxygen atoms in total. The largest absolute Gasteiger partial charge is 0.336 e. The van der Waals surface area contributed by atoms with Crippen molar-refractivity contribution >= 4 is 23.7 Å². The third-order valence-electron chi connectivity index (χ3n) is 3.37. The van der Waals surface area contributed by atoms with Crippen molar-refractivity contribution in [1.29, 1.82) is 0 Å². The van der Waals surface area contributed by atoms with Crippen molar-refractivity contribution in [2.45, 2.75) is 37.8 Å². The number of thioether (sulfide) groups is 1. The number of imide groups is 1. The number of rotatable bonds is 3. The van der Waals surface area contributed by atoms with E-state index in [9.17, 15) is 9.59 Å². The van der Waals surface area contributed by atoms with Crippen LogP contribution in [0, 0.1) is 20.8 Å². The number of nitrogens with zero attached hydrogens (tertiary/aromatic N) is 1. The lowest BCUT2D eigenvalue weighted by atomic mass is 10.1. The Hall–Kier alpha value is -1.49. The van der Waals surface area contributed by atoms with E-state index < -0.39 is 0 Å². The minimum Gasteiger partial charge on any atom is -0.336 e. The molecule has 1 heterocycles. The molecule has 1 atom stereocenters. The first-order valence-electron chi connectivity index (χ1n) is 6.74. The van der Waals surface area contributed by atoms with Crippen LogP contribution in [0.4, 0.5) is 4.79 Å². The van der Waals surface area contributed by atoms with Gasteiger partial charge in [0, 0.05) is 18.0 Å². The Balaban J connectivity index is 2.14. The number of hydrogen-bond acceptors (Lipinski definition) is 3. The van der Waals surface area contributed by atoms with Crippen molar-refractivity contribution in [3.63, 3.8) is 0 Å². The number of urea groups is 1.